The Morgan fingerprint density at radius 3 is 2.92 bits per heavy atom. The minimum Gasteiger partial charge on any atom is -0.379 e. The lowest BCUT2D eigenvalue weighted by Crippen LogP contribution is -2.44. The summed E-state index contributed by atoms with van der Waals surface area (Å²) in [6.45, 7) is 3.63. The fourth-order valence-electron chi connectivity index (χ4n) is 2.89. The molecule has 1 atom stereocenters. The van der Waals surface area contributed by atoms with Gasteiger partial charge in [0, 0.05) is 36.5 Å². The van der Waals surface area contributed by atoms with Gasteiger partial charge in [-0.1, -0.05) is 23.7 Å². The van der Waals surface area contributed by atoms with Crippen molar-refractivity contribution in [1.29, 1.82) is 0 Å². The monoisotopic (exact) mass is 348 g/mol. The lowest BCUT2D eigenvalue weighted by molar-refractivity contribution is -0.120. The summed E-state index contributed by atoms with van der Waals surface area (Å²) >= 11 is 6.14. The van der Waals surface area contributed by atoms with Crippen LogP contribution in [0.15, 0.2) is 36.5 Å². The molecule has 24 heavy (non-hydrogen) atoms. The van der Waals surface area contributed by atoms with Crippen LogP contribution in [0.3, 0.4) is 0 Å². The van der Waals surface area contributed by atoms with Crippen LogP contribution < -0.4 is 5.32 Å². The molecule has 1 aromatic heterocycles. The van der Waals surface area contributed by atoms with Gasteiger partial charge in [-0.15, -0.1) is 0 Å². The summed E-state index contributed by atoms with van der Waals surface area (Å²) in [5, 5.41) is 10.4. The molecule has 1 saturated heterocycles. The molecule has 1 fully saturated rings. The van der Waals surface area contributed by atoms with E-state index in [0.717, 1.165) is 24.3 Å². The quantitative estimate of drug-likeness (QED) is 0.835. The van der Waals surface area contributed by atoms with Crippen molar-refractivity contribution in [3.8, 4) is 0 Å². The number of amides is 1. The summed E-state index contributed by atoms with van der Waals surface area (Å²) in [6.07, 6.45) is 1.94. The molecular formula is C17H21ClN4O2. The normalized spacial score (nSPS) is 16.7. The van der Waals surface area contributed by atoms with Gasteiger partial charge in [-0.3, -0.25) is 14.8 Å². The number of nitrogens with one attached hydrogen (secondary N) is 2. The molecule has 0 spiro atoms. The predicted octanol–water partition coefficient (Wildman–Crippen LogP) is 1.80. The number of halogens is 1. The van der Waals surface area contributed by atoms with Crippen molar-refractivity contribution in [2.24, 2.45) is 0 Å². The highest BCUT2D eigenvalue weighted by molar-refractivity contribution is 6.30. The number of carbonyl (C=O) groups is 1. The third-order valence-electron chi connectivity index (χ3n) is 4.12. The molecule has 3 rings (SSSR count). The third-order valence-corrected chi connectivity index (χ3v) is 4.36. The number of aromatic nitrogens is 2. The molecule has 1 aliphatic heterocycles. The Balaban J connectivity index is 1.66. The molecule has 0 aliphatic carbocycles. The number of rotatable bonds is 6. The van der Waals surface area contributed by atoms with Crippen molar-refractivity contribution in [3.63, 3.8) is 0 Å². The van der Waals surface area contributed by atoms with E-state index in [9.17, 15) is 4.79 Å². The maximum atomic E-state index is 12.2. The second-order valence-electron chi connectivity index (χ2n) is 5.78. The van der Waals surface area contributed by atoms with Crippen LogP contribution in [0.1, 0.15) is 17.3 Å². The smallest absolute Gasteiger partial charge is 0.226 e. The highest BCUT2D eigenvalue weighted by atomic mass is 35.5. The van der Waals surface area contributed by atoms with Crippen molar-refractivity contribution >= 4 is 17.5 Å². The molecule has 6 nitrogen and oxygen atoms in total. The van der Waals surface area contributed by atoms with Crippen LogP contribution in [0.4, 0.5) is 0 Å². The zero-order chi connectivity index (χ0) is 16.8. The summed E-state index contributed by atoms with van der Waals surface area (Å²) in [5.74, 6) is -0.0282. The average Bonchev–Trinajstić information content (AvgIpc) is 3.09. The van der Waals surface area contributed by atoms with Crippen molar-refractivity contribution in [2.75, 3.05) is 32.8 Å². The first-order valence-corrected chi connectivity index (χ1v) is 8.42. The molecular weight excluding hydrogens is 328 g/mol. The van der Waals surface area contributed by atoms with Crippen molar-refractivity contribution in [2.45, 2.75) is 12.5 Å². The van der Waals surface area contributed by atoms with E-state index in [1.807, 2.05) is 24.3 Å². The van der Waals surface area contributed by atoms with E-state index >= 15 is 0 Å². The first-order valence-electron chi connectivity index (χ1n) is 8.04. The van der Waals surface area contributed by atoms with Crippen LogP contribution in [0, 0.1) is 0 Å². The number of morpholine rings is 1. The van der Waals surface area contributed by atoms with Crippen LogP contribution in [0.25, 0.3) is 0 Å². The largest absolute Gasteiger partial charge is 0.379 e. The molecule has 0 bridgehead atoms. The molecule has 0 unspecified atom stereocenters. The molecule has 1 amide bonds. The highest BCUT2D eigenvalue weighted by Gasteiger charge is 2.23. The summed E-state index contributed by atoms with van der Waals surface area (Å²) in [4.78, 5) is 14.5. The topological polar surface area (TPSA) is 70.2 Å². The fraction of sp³-hybridized carbons (Fsp3) is 0.412. The Hall–Kier alpha value is -1.89. The van der Waals surface area contributed by atoms with Gasteiger partial charge in [0.2, 0.25) is 5.91 Å². The maximum Gasteiger partial charge on any atom is 0.226 e. The van der Waals surface area contributed by atoms with Gasteiger partial charge in [0.05, 0.1) is 25.7 Å². The third kappa shape index (κ3) is 4.56. The Morgan fingerprint density at radius 2 is 2.21 bits per heavy atom. The SMILES string of the molecule is O=C(Cc1ccn[nH]1)NC[C@H](c1cccc(Cl)c1)N1CCOCC1. The predicted molar refractivity (Wildman–Crippen MR) is 91.9 cm³/mol. The summed E-state index contributed by atoms with van der Waals surface area (Å²) in [6, 6.07) is 9.69. The van der Waals surface area contributed by atoms with Gasteiger partial charge >= 0.3 is 0 Å². The van der Waals surface area contributed by atoms with E-state index in [4.69, 9.17) is 16.3 Å². The molecule has 2 N–H and O–H groups in total. The van der Waals surface area contributed by atoms with Gasteiger partial charge < -0.3 is 10.1 Å². The number of ether oxygens (including phenoxy) is 1. The van der Waals surface area contributed by atoms with Crippen LogP contribution in [0.5, 0.6) is 0 Å². The van der Waals surface area contributed by atoms with Crippen molar-refractivity contribution in [1.82, 2.24) is 20.4 Å². The number of hydrogen-bond donors (Lipinski definition) is 2. The van der Waals surface area contributed by atoms with E-state index in [1.54, 1.807) is 12.3 Å². The number of H-pyrrole nitrogens is 1. The van der Waals surface area contributed by atoms with E-state index in [1.165, 1.54) is 0 Å². The zero-order valence-electron chi connectivity index (χ0n) is 13.4. The van der Waals surface area contributed by atoms with Gasteiger partial charge in [0.15, 0.2) is 0 Å². The average molecular weight is 349 g/mol. The summed E-state index contributed by atoms with van der Waals surface area (Å²) in [5.41, 5.74) is 1.91. The van der Waals surface area contributed by atoms with E-state index in [0.29, 0.717) is 31.2 Å². The van der Waals surface area contributed by atoms with Gasteiger partial charge in [-0.25, -0.2) is 0 Å². The van der Waals surface area contributed by atoms with Crippen molar-refractivity contribution in [3.05, 3.63) is 52.8 Å². The molecule has 1 aromatic carbocycles. The number of aromatic amines is 1. The van der Waals surface area contributed by atoms with E-state index in [2.05, 4.69) is 20.4 Å². The lowest BCUT2D eigenvalue weighted by atomic mass is 10.0. The molecule has 7 heteroatoms. The Morgan fingerprint density at radius 1 is 1.38 bits per heavy atom. The molecule has 0 radical (unpaired) electrons. The molecule has 128 valence electrons. The van der Waals surface area contributed by atoms with Crippen LogP contribution in [-0.4, -0.2) is 53.9 Å². The summed E-state index contributed by atoms with van der Waals surface area (Å²) in [7, 11) is 0. The summed E-state index contributed by atoms with van der Waals surface area (Å²) < 4.78 is 5.44. The van der Waals surface area contributed by atoms with Crippen LogP contribution in [0.2, 0.25) is 5.02 Å². The first-order chi connectivity index (χ1) is 11.7. The number of hydrogen-bond acceptors (Lipinski definition) is 4. The number of carbonyl (C=O) groups excluding carboxylic acids is 1. The van der Waals surface area contributed by atoms with Gasteiger partial charge in [-0.05, 0) is 23.8 Å². The number of benzene rings is 1. The van der Waals surface area contributed by atoms with Gasteiger partial charge in [0.1, 0.15) is 0 Å². The van der Waals surface area contributed by atoms with Crippen LogP contribution in [-0.2, 0) is 16.0 Å². The van der Waals surface area contributed by atoms with E-state index < -0.39 is 0 Å². The lowest BCUT2D eigenvalue weighted by Gasteiger charge is -2.35. The number of nitrogens with zero attached hydrogens (tertiary/aromatic N) is 2. The second kappa shape index (κ2) is 8.28. The zero-order valence-corrected chi connectivity index (χ0v) is 14.1. The van der Waals surface area contributed by atoms with Gasteiger partial charge in [-0.2, -0.15) is 5.10 Å². The molecule has 0 saturated carbocycles. The first kappa shape index (κ1) is 17.0. The van der Waals surface area contributed by atoms with Gasteiger partial charge in [0.25, 0.3) is 0 Å². The second-order valence-corrected chi connectivity index (χ2v) is 6.22. The van der Waals surface area contributed by atoms with Crippen LogP contribution >= 0.6 is 11.6 Å². The Bertz CT molecular complexity index is 656. The fourth-order valence-corrected chi connectivity index (χ4v) is 3.09. The molecule has 2 aromatic rings. The molecule has 2 heterocycles. The minimum atomic E-state index is -0.0282. The molecule has 1 aliphatic rings. The Labute approximate surface area is 146 Å². The maximum absolute atomic E-state index is 12.2. The van der Waals surface area contributed by atoms with E-state index in [-0.39, 0.29) is 11.9 Å². The van der Waals surface area contributed by atoms with Crippen molar-refractivity contribution < 1.29 is 9.53 Å². The highest BCUT2D eigenvalue weighted by Crippen LogP contribution is 2.24. The minimum absolute atomic E-state index is 0.0282. The Kier molecular flexibility index (Phi) is 5.85. The standard InChI is InChI=1S/C17H21ClN4O2/c18-14-3-1-2-13(10-14)16(22-6-8-24-9-7-22)12-19-17(23)11-15-4-5-20-21-15/h1-5,10,16H,6-9,11-12H2,(H,19,23)(H,20,21)/t16-/m1/s1.